The number of nitrogens with two attached hydrogens (primary N) is 2. The van der Waals surface area contributed by atoms with Crippen molar-refractivity contribution < 1.29 is 4.58 Å². The van der Waals surface area contributed by atoms with Gasteiger partial charge in [-0.2, -0.15) is 0 Å². The van der Waals surface area contributed by atoms with Crippen molar-refractivity contribution in [2.75, 3.05) is 25.6 Å². The number of rotatable bonds is 2. The molecule has 0 spiro atoms. The Labute approximate surface area is 176 Å². The zero-order valence-electron chi connectivity index (χ0n) is 16.6. The molecule has 4 heteroatoms. The highest BCUT2D eigenvalue weighted by Gasteiger charge is 2.21. The Morgan fingerprint density at radius 2 is 1.38 bits per heavy atom. The first-order valence-electron chi connectivity index (χ1n) is 9.47. The molecule has 0 aromatic heterocycles. The molecule has 4 rings (SSSR count). The van der Waals surface area contributed by atoms with Gasteiger partial charge in [-0.15, -0.1) is 0 Å². The van der Waals surface area contributed by atoms with Crippen molar-refractivity contribution in [1.29, 1.82) is 0 Å². The van der Waals surface area contributed by atoms with Crippen molar-refractivity contribution in [3.05, 3.63) is 107 Å². The van der Waals surface area contributed by atoms with Crippen molar-refractivity contribution in [2.24, 2.45) is 0 Å². The lowest BCUT2D eigenvalue weighted by Gasteiger charge is -2.22. The summed E-state index contributed by atoms with van der Waals surface area (Å²) in [6.07, 6.45) is 10.8. The fraction of sp³-hybridized carbons (Fsp3) is 0.0800. The van der Waals surface area contributed by atoms with Crippen molar-refractivity contribution >= 4 is 39.3 Å². The molecule has 0 fully saturated rings. The molecular weight excluding hydrogens is 374 g/mol. The van der Waals surface area contributed by atoms with E-state index in [2.05, 4.69) is 66.6 Å². The number of thioether (sulfide) groups is 1. The number of nitrogen functional groups attached to an aromatic ring is 2. The lowest BCUT2D eigenvalue weighted by Crippen LogP contribution is -2.10. The summed E-state index contributed by atoms with van der Waals surface area (Å²) in [6, 6.07) is 16.1. The van der Waals surface area contributed by atoms with Gasteiger partial charge in [-0.1, -0.05) is 36.0 Å². The van der Waals surface area contributed by atoms with E-state index < -0.39 is 0 Å². The molecule has 0 atom stereocenters. The summed E-state index contributed by atoms with van der Waals surface area (Å²) in [4.78, 5) is 1.18. The zero-order chi connectivity index (χ0) is 20.4. The van der Waals surface area contributed by atoms with E-state index in [0.29, 0.717) is 0 Å². The maximum absolute atomic E-state index is 6.13. The topological polar surface area (TPSA) is 55.0 Å². The second-order valence-electron chi connectivity index (χ2n) is 7.23. The van der Waals surface area contributed by atoms with Gasteiger partial charge in [-0.3, -0.25) is 0 Å². The summed E-state index contributed by atoms with van der Waals surface area (Å²) in [5.41, 5.74) is 20.6. The molecule has 1 heterocycles. The van der Waals surface area contributed by atoms with Gasteiger partial charge < -0.3 is 11.5 Å². The predicted molar refractivity (Wildman–Crippen MR) is 128 cm³/mol. The van der Waals surface area contributed by atoms with Gasteiger partial charge in [0.25, 0.3) is 0 Å². The first kappa shape index (κ1) is 19.1. The van der Waals surface area contributed by atoms with E-state index in [9.17, 15) is 0 Å². The van der Waals surface area contributed by atoms with Crippen LogP contribution in [0, 0.1) is 0 Å². The van der Waals surface area contributed by atoms with E-state index >= 15 is 0 Å². The molecular formula is C25H24N3S+. The molecule has 0 radical (unpaired) electrons. The number of anilines is 2. The Bertz CT molecular complexity index is 1140. The normalized spacial score (nSPS) is 16.0. The molecule has 1 aliphatic carbocycles. The summed E-state index contributed by atoms with van der Waals surface area (Å²) < 4.78 is 2.10. The van der Waals surface area contributed by atoms with Gasteiger partial charge in [0.1, 0.15) is 14.1 Å². The number of benzene rings is 2. The highest BCUT2D eigenvalue weighted by molar-refractivity contribution is 8.11. The minimum Gasteiger partial charge on any atom is -0.399 e. The minimum absolute atomic E-state index is 0.754. The van der Waals surface area contributed by atoms with Crippen LogP contribution in [0.15, 0.2) is 95.5 Å². The molecule has 1 aliphatic heterocycles. The number of hydrogen-bond donors (Lipinski definition) is 2. The molecule has 0 bridgehead atoms. The lowest BCUT2D eigenvalue weighted by atomic mass is 9.89. The summed E-state index contributed by atoms with van der Waals surface area (Å²) in [6.45, 7) is 0. The smallest absolute Gasteiger partial charge is 0.199 e. The summed E-state index contributed by atoms with van der Waals surface area (Å²) >= 11 is 1.71. The molecule has 0 saturated heterocycles. The van der Waals surface area contributed by atoms with Gasteiger partial charge in [-0.05, 0) is 70.2 Å². The van der Waals surface area contributed by atoms with E-state index in [1.165, 1.54) is 27.3 Å². The first-order valence-corrected chi connectivity index (χ1v) is 10.4. The van der Waals surface area contributed by atoms with Crippen LogP contribution in [0.25, 0.3) is 10.5 Å². The molecule has 29 heavy (non-hydrogen) atoms. The van der Waals surface area contributed by atoms with Gasteiger partial charge in [0.05, 0.1) is 0 Å². The monoisotopic (exact) mass is 398 g/mol. The van der Waals surface area contributed by atoms with Crippen LogP contribution in [0.5, 0.6) is 0 Å². The number of allylic oxidation sites excluding steroid dienone is 8. The highest BCUT2D eigenvalue weighted by Crippen LogP contribution is 2.45. The van der Waals surface area contributed by atoms with E-state index in [-0.39, 0.29) is 0 Å². The van der Waals surface area contributed by atoms with Crippen molar-refractivity contribution in [3.8, 4) is 0 Å². The Morgan fingerprint density at radius 1 is 0.759 bits per heavy atom. The second kappa shape index (κ2) is 8.02. The van der Waals surface area contributed by atoms with Crippen LogP contribution in [-0.4, -0.2) is 24.4 Å². The first-order chi connectivity index (χ1) is 14.0. The summed E-state index contributed by atoms with van der Waals surface area (Å²) in [5.74, 6) is 0. The second-order valence-corrected chi connectivity index (χ2v) is 8.15. The van der Waals surface area contributed by atoms with Gasteiger partial charge in [-0.25, -0.2) is 4.58 Å². The Kier molecular flexibility index (Phi) is 5.28. The van der Waals surface area contributed by atoms with E-state index in [1.807, 2.05) is 36.4 Å². The molecule has 3 nitrogen and oxygen atoms in total. The fourth-order valence-corrected chi connectivity index (χ4v) is 4.44. The quantitative estimate of drug-likeness (QED) is 0.546. The van der Waals surface area contributed by atoms with Crippen LogP contribution in [0.1, 0.15) is 11.1 Å². The highest BCUT2D eigenvalue weighted by atomic mass is 32.2. The molecule has 2 aromatic rings. The predicted octanol–water partition coefficient (Wildman–Crippen LogP) is 5.12. The standard InChI is InChI=1S/C25H24N3S/c1-28(2)22-11-9-17(10-12-22)23-13-14-29-25(19-6-4-8-21(27)16-19)24(23)18-5-3-7-20(26)15-18/h3-16H,26-27H2,1-2H3/q+1. The van der Waals surface area contributed by atoms with Crippen LogP contribution < -0.4 is 11.5 Å². The van der Waals surface area contributed by atoms with Gasteiger partial charge in [0, 0.05) is 34.0 Å². The Morgan fingerprint density at radius 3 is 2.00 bits per heavy atom. The van der Waals surface area contributed by atoms with Crippen LogP contribution >= 0.6 is 11.8 Å². The third-order valence-corrected chi connectivity index (χ3v) is 5.88. The van der Waals surface area contributed by atoms with Gasteiger partial charge >= 0.3 is 0 Å². The molecule has 2 aromatic carbocycles. The maximum Gasteiger partial charge on any atom is 0.199 e. The van der Waals surface area contributed by atoms with Crippen LogP contribution in [0.4, 0.5) is 11.4 Å². The van der Waals surface area contributed by atoms with Crippen LogP contribution in [0.3, 0.4) is 0 Å². The van der Waals surface area contributed by atoms with Crippen LogP contribution in [-0.2, 0) is 0 Å². The third kappa shape index (κ3) is 3.98. The molecule has 2 aliphatic rings. The van der Waals surface area contributed by atoms with Crippen molar-refractivity contribution in [2.45, 2.75) is 0 Å². The van der Waals surface area contributed by atoms with Gasteiger partial charge in [0.15, 0.2) is 5.71 Å². The largest absolute Gasteiger partial charge is 0.399 e. The van der Waals surface area contributed by atoms with Crippen molar-refractivity contribution in [1.82, 2.24) is 0 Å². The van der Waals surface area contributed by atoms with E-state index in [1.54, 1.807) is 11.8 Å². The molecule has 0 unspecified atom stereocenters. The molecule has 0 amide bonds. The zero-order valence-corrected chi connectivity index (χ0v) is 17.4. The molecule has 4 N–H and O–H groups in total. The fourth-order valence-electron chi connectivity index (χ4n) is 3.49. The third-order valence-electron chi connectivity index (χ3n) is 4.94. The average Bonchev–Trinajstić information content (AvgIpc) is 2.73. The summed E-state index contributed by atoms with van der Waals surface area (Å²) in [7, 11) is 4.10. The van der Waals surface area contributed by atoms with Crippen molar-refractivity contribution in [3.63, 3.8) is 0 Å². The van der Waals surface area contributed by atoms with Gasteiger partial charge in [0.2, 0.25) is 0 Å². The number of nitrogens with zero attached hydrogens (tertiary/aromatic N) is 1. The Hall–Kier alpha value is -3.24. The SMILES string of the molecule is C[N+](C)=C1C=CC(=C2C=CSC(c3cccc(N)c3)=C2c2cccc(N)c2)C=C1. The van der Waals surface area contributed by atoms with E-state index in [4.69, 9.17) is 11.5 Å². The average molecular weight is 399 g/mol. The van der Waals surface area contributed by atoms with E-state index in [0.717, 1.165) is 22.5 Å². The van der Waals surface area contributed by atoms with Crippen LogP contribution in [0.2, 0.25) is 0 Å². The Balaban J connectivity index is 1.96. The lowest BCUT2D eigenvalue weighted by molar-refractivity contribution is -0.462. The molecule has 144 valence electrons. The minimum atomic E-state index is 0.754. The number of hydrogen-bond acceptors (Lipinski definition) is 3. The molecule has 0 saturated carbocycles. The summed E-state index contributed by atoms with van der Waals surface area (Å²) in [5, 5.41) is 2.14. The maximum atomic E-state index is 6.13.